The summed E-state index contributed by atoms with van der Waals surface area (Å²) in [6, 6.07) is 8.01. The van der Waals surface area contributed by atoms with Crippen LogP contribution in [0, 0.1) is 5.92 Å². The SMILES string of the molecule is O=C(NCc1cc2n(n1)CCCNC2)[C@@H]1CCCN(c2ccccn2)C1. The highest BCUT2D eigenvalue weighted by Gasteiger charge is 2.26. The van der Waals surface area contributed by atoms with Gasteiger partial charge in [-0.2, -0.15) is 5.10 Å². The van der Waals surface area contributed by atoms with Crippen LogP contribution in [-0.4, -0.2) is 40.3 Å². The van der Waals surface area contributed by atoms with Gasteiger partial charge in [-0.05, 0) is 44.0 Å². The van der Waals surface area contributed by atoms with E-state index in [0.29, 0.717) is 6.54 Å². The van der Waals surface area contributed by atoms with Crippen LogP contribution in [0.3, 0.4) is 0 Å². The Hall–Kier alpha value is -2.41. The van der Waals surface area contributed by atoms with Crippen LogP contribution in [0.2, 0.25) is 0 Å². The monoisotopic (exact) mass is 354 g/mol. The van der Waals surface area contributed by atoms with Gasteiger partial charge in [-0.25, -0.2) is 4.98 Å². The van der Waals surface area contributed by atoms with Crippen molar-refractivity contribution in [3.63, 3.8) is 0 Å². The molecule has 0 aromatic carbocycles. The predicted octanol–water partition coefficient (Wildman–Crippen LogP) is 1.30. The van der Waals surface area contributed by atoms with Gasteiger partial charge in [-0.1, -0.05) is 6.07 Å². The molecule has 7 nitrogen and oxygen atoms in total. The van der Waals surface area contributed by atoms with Crippen molar-refractivity contribution in [3.05, 3.63) is 41.9 Å². The number of pyridine rings is 1. The van der Waals surface area contributed by atoms with E-state index in [0.717, 1.165) is 63.5 Å². The van der Waals surface area contributed by atoms with E-state index in [2.05, 4.69) is 36.4 Å². The second kappa shape index (κ2) is 7.86. The topological polar surface area (TPSA) is 75.1 Å². The summed E-state index contributed by atoms with van der Waals surface area (Å²) in [6.07, 6.45) is 4.83. The second-order valence-corrected chi connectivity index (χ2v) is 7.07. The standard InChI is InChI=1S/C19H26N6O/c26-19(15-5-3-9-24(14-15)18-6-1-2-8-21-18)22-12-16-11-17-13-20-7-4-10-25(17)23-16/h1-2,6,8,11,15,20H,3-5,7,9-10,12-14H2,(H,22,26)/t15-/m1/s1. The van der Waals surface area contributed by atoms with Gasteiger partial charge < -0.3 is 15.5 Å². The van der Waals surface area contributed by atoms with Crippen molar-refractivity contribution < 1.29 is 4.79 Å². The molecule has 4 heterocycles. The molecule has 2 aliphatic heterocycles. The molecule has 2 aliphatic rings. The zero-order valence-electron chi connectivity index (χ0n) is 15.0. The number of amides is 1. The number of nitrogens with one attached hydrogen (secondary N) is 2. The van der Waals surface area contributed by atoms with Crippen LogP contribution in [-0.2, 0) is 24.4 Å². The average molecular weight is 354 g/mol. The molecule has 26 heavy (non-hydrogen) atoms. The highest BCUT2D eigenvalue weighted by molar-refractivity contribution is 5.79. The van der Waals surface area contributed by atoms with Crippen molar-refractivity contribution in [2.75, 3.05) is 24.5 Å². The first-order chi connectivity index (χ1) is 12.8. The van der Waals surface area contributed by atoms with Crippen molar-refractivity contribution >= 4 is 11.7 Å². The normalized spacial score (nSPS) is 20.3. The zero-order valence-corrected chi connectivity index (χ0v) is 15.0. The van der Waals surface area contributed by atoms with Crippen LogP contribution < -0.4 is 15.5 Å². The van der Waals surface area contributed by atoms with Gasteiger partial charge >= 0.3 is 0 Å². The summed E-state index contributed by atoms with van der Waals surface area (Å²) in [5, 5.41) is 11.1. The van der Waals surface area contributed by atoms with Gasteiger partial charge in [-0.15, -0.1) is 0 Å². The Bertz CT molecular complexity index is 720. The number of piperidine rings is 1. The third-order valence-electron chi connectivity index (χ3n) is 5.15. The van der Waals surface area contributed by atoms with E-state index in [1.54, 1.807) is 6.20 Å². The van der Waals surface area contributed by atoms with E-state index in [4.69, 9.17) is 0 Å². The van der Waals surface area contributed by atoms with Gasteiger partial charge in [0.1, 0.15) is 5.82 Å². The number of carbonyl (C=O) groups is 1. The van der Waals surface area contributed by atoms with Gasteiger partial charge in [0.05, 0.1) is 23.9 Å². The maximum atomic E-state index is 12.6. The van der Waals surface area contributed by atoms with Crippen LogP contribution in [0.5, 0.6) is 0 Å². The van der Waals surface area contributed by atoms with Gasteiger partial charge in [0, 0.05) is 32.4 Å². The molecular weight excluding hydrogens is 328 g/mol. The van der Waals surface area contributed by atoms with Crippen molar-refractivity contribution in [2.45, 2.75) is 38.9 Å². The molecule has 0 saturated carbocycles. The fourth-order valence-electron chi connectivity index (χ4n) is 3.77. The highest BCUT2D eigenvalue weighted by atomic mass is 16.1. The van der Waals surface area contributed by atoms with E-state index in [9.17, 15) is 4.79 Å². The molecule has 1 saturated heterocycles. The Morgan fingerprint density at radius 2 is 2.27 bits per heavy atom. The molecule has 7 heteroatoms. The Morgan fingerprint density at radius 1 is 1.31 bits per heavy atom. The lowest BCUT2D eigenvalue weighted by molar-refractivity contribution is -0.125. The fourth-order valence-corrected chi connectivity index (χ4v) is 3.77. The van der Waals surface area contributed by atoms with Crippen LogP contribution in [0.4, 0.5) is 5.82 Å². The molecule has 1 amide bonds. The minimum absolute atomic E-state index is 0.00728. The van der Waals surface area contributed by atoms with Gasteiger partial charge in [-0.3, -0.25) is 9.48 Å². The quantitative estimate of drug-likeness (QED) is 0.866. The average Bonchev–Trinajstić information content (AvgIpc) is 2.96. The van der Waals surface area contributed by atoms with Crippen molar-refractivity contribution in [3.8, 4) is 0 Å². The Morgan fingerprint density at radius 3 is 3.15 bits per heavy atom. The lowest BCUT2D eigenvalue weighted by atomic mass is 9.97. The molecule has 0 radical (unpaired) electrons. The number of anilines is 1. The van der Waals surface area contributed by atoms with Gasteiger partial charge in [0.25, 0.3) is 0 Å². The largest absolute Gasteiger partial charge is 0.356 e. The number of carbonyl (C=O) groups excluding carboxylic acids is 1. The Kier molecular flexibility index (Phi) is 5.15. The lowest BCUT2D eigenvalue weighted by Crippen LogP contribution is -2.43. The number of fused-ring (bicyclic) bond motifs is 1. The Labute approximate surface area is 153 Å². The molecule has 2 aromatic heterocycles. The van der Waals surface area contributed by atoms with Gasteiger partial charge in [0.2, 0.25) is 5.91 Å². The molecule has 138 valence electrons. The molecule has 1 atom stereocenters. The number of hydrogen-bond acceptors (Lipinski definition) is 5. The maximum Gasteiger partial charge on any atom is 0.225 e. The molecule has 2 N–H and O–H groups in total. The van der Waals surface area contributed by atoms with Crippen molar-refractivity contribution in [1.29, 1.82) is 0 Å². The molecule has 0 bridgehead atoms. The molecule has 2 aromatic rings. The first kappa shape index (κ1) is 17.0. The summed E-state index contributed by atoms with van der Waals surface area (Å²) >= 11 is 0. The van der Waals surface area contributed by atoms with E-state index in [-0.39, 0.29) is 11.8 Å². The smallest absolute Gasteiger partial charge is 0.225 e. The molecule has 4 rings (SSSR count). The molecule has 0 unspecified atom stereocenters. The van der Waals surface area contributed by atoms with E-state index < -0.39 is 0 Å². The number of hydrogen-bond donors (Lipinski definition) is 2. The number of nitrogens with zero attached hydrogens (tertiary/aromatic N) is 4. The second-order valence-electron chi connectivity index (χ2n) is 7.07. The lowest BCUT2D eigenvalue weighted by Gasteiger charge is -2.32. The van der Waals surface area contributed by atoms with E-state index in [1.165, 1.54) is 5.69 Å². The Balaban J connectivity index is 1.33. The number of aromatic nitrogens is 3. The van der Waals surface area contributed by atoms with Crippen LogP contribution in [0.1, 0.15) is 30.7 Å². The maximum absolute atomic E-state index is 12.6. The number of rotatable bonds is 4. The molecular formula is C19H26N6O. The summed E-state index contributed by atoms with van der Waals surface area (Å²) < 4.78 is 2.06. The minimum atomic E-state index is 0.00728. The first-order valence-electron chi connectivity index (χ1n) is 9.49. The summed E-state index contributed by atoms with van der Waals surface area (Å²) in [5.74, 6) is 1.08. The highest BCUT2D eigenvalue weighted by Crippen LogP contribution is 2.21. The van der Waals surface area contributed by atoms with Crippen molar-refractivity contribution in [1.82, 2.24) is 25.4 Å². The van der Waals surface area contributed by atoms with E-state index >= 15 is 0 Å². The summed E-state index contributed by atoms with van der Waals surface area (Å²) in [6.45, 7) is 5.01. The molecule has 1 fully saturated rings. The predicted molar refractivity (Wildman–Crippen MR) is 99.6 cm³/mol. The fraction of sp³-hybridized carbons (Fsp3) is 0.526. The summed E-state index contributed by atoms with van der Waals surface area (Å²) in [7, 11) is 0. The zero-order chi connectivity index (χ0) is 17.8. The van der Waals surface area contributed by atoms with Crippen LogP contribution in [0.25, 0.3) is 0 Å². The van der Waals surface area contributed by atoms with E-state index in [1.807, 2.05) is 18.2 Å². The van der Waals surface area contributed by atoms with Crippen LogP contribution in [0.15, 0.2) is 30.5 Å². The third kappa shape index (κ3) is 3.88. The first-order valence-corrected chi connectivity index (χ1v) is 9.49. The minimum Gasteiger partial charge on any atom is -0.356 e. The van der Waals surface area contributed by atoms with Gasteiger partial charge in [0.15, 0.2) is 0 Å². The number of aryl methyl sites for hydroxylation is 1. The summed E-state index contributed by atoms with van der Waals surface area (Å²) in [5.41, 5.74) is 2.14. The molecule has 0 spiro atoms. The van der Waals surface area contributed by atoms with Crippen LogP contribution >= 0.6 is 0 Å². The molecule has 0 aliphatic carbocycles. The van der Waals surface area contributed by atoms with Crippen molar-refractivity contribution in [2.24, 2.45) is 5.92 Å². The third-order valence-corrected chi connectivity index (χ3v) is 5.15. The summed E-state index contributed by atoms with van der Waals surface area (Å²) in [4.78, 5) is 19.3.